The van der Waals surface area contributed by atoms with Gasteiger partial charge in [0.05, 0.1) is 17.9 Å². The zero-order valence-corrected chi connectivity index (χ0v) is 17.1. The van der Waals surface area contributed by atoms with E-state index in [0.717, 1.165) is 56.0 Å². The summed E-state index contributed by atoms with van der Waals surface area (Å²) in [5, 5.41) is 5.26. The minimum Gasteiger partial charge on any atom is -0.497 e. The number of rotatable bonds is 4. The number of nitrogens with one attached hydrogen (secondary N) is 2. The molecular weight excluding hydrogens is 386 g/mol. The third-order valence-electron chi connectivity index (χ3n) is 5.89. The Kier molecular flexibility index (Phi) is 4.06. The first-order chi connectivity index (χ1) is 15.3. The number of fused-ring (bicyclic) bond motifs is 5. The molecule has 0 spiro atoms. The second-order valence-corrected chi connectivity index (χ2v) is 7.68. The largest absolute Gasteiger partial charge is 0.497 e. The van der Waals surface area contributed by atoms with Gasteiger partial charge < -0.3 is 19.1 Å². The maximum absolute atomic E-state index is 6.21. The molecule has 0 saturated heterocycles. The van der Waals surface area contributed by atoms with E-state index in [4.69, 9.17) is 14.1 Å². The lowest BCUT2D eigenvalue weighted by Gasteiger charge is -2.04. The number of ether oxygens (including phenoxy) is 1. The summed E-state index contributed by atoms with van der Waals surface area (Å²) in [6.07, 6.45) is 2.94. The van der Waals surface area contributed by atoms with Gasteiger partial charge in [-0.25, -0.2) is 0 Å². The smallest absolute Gasteiger partial charge is 0.208 e. The van der Waals surface area contributed by atoms with E-state index < -0.39 is 0 Å². The Balaban J connectivity index is 1.56. The third-order valence-corrected chi connectivity index (χ3v) is 5.89. The molecule has 5 heteroatoms. The van der Waals surface area contributed by atoms with Crippen LogP contribution in [-0.2, 0) is 6.42 Å². The molecule has 3 heterocycles. The molecule has 6 aromatic rings. The van der Waals surface area contributed by atoms with Crippen LogP contribution in [0.15, 0.2) is 82.3 Å². The minimum atomic E-state index is 0.673. The maximum atomic E-state index is 6.21. The van der Waals surface area contributed by atoms with Crippen LogP contribution < -0.4 is 10.1 Å². The summed E-state index contributed by atoms with van der Waals surface area (Å²) in [6, 6.07) is 22.5. The Bertz CT molecular complexity index is 1640. The summed E-state index contributed by atoms with van der Waals surface area (Å²) in [7, 11) is 1.68. The van der Waals surface area contributed by atoms with Crippen molar-refractivity contribution in [1.82, 2.24) is 9.97 Å². The Morgan fingerprint density at radius 3 is 2.58 bits per heavy atom. The van der Waals surface area contributed by atoms with Gasteiger partial charge in [-0.2, -0.15) is 0 Å². The van der Waals surface area contributed by atoms with Gasteiger partial charge in [0.2, 0.25) is 5.71 Å². The fraction of sp³-hybridized carbons (Fsp3) is 0.115. The molecule has 31 heavy (non-hydrogen) atoms. The van der Waals surface area contributed by atoms with Crippen molar-refractivity contribution in [3.63, 3.8) is 0 Å². The SMILES string of the molecule is COc1ccc2oc3[nH]c4ccccc4c3c(=NCCc3c[nH]c4ccccc34)c2c1. The van der Waals surface area contributed by atoms with Crippen LogP contribution in [0.5, 0.6) is 5.75 Å². The number of aromatic nitrogens is 2. The highest BCUT2D eigenvalue weighted by atomic mass is 16.5. The monoisotopic (exact) mass is 407 g/mol. The fourth-order valence-corrected chi connectivity index (χ4v) is 4.37. The summed E-state index contributed by atoms with van der Waals surface area (Å²) in [4.78, 5) is 11.8. The number of methoxy groups -OCH3 is 1. The topological polar surface area (TPSA) is 66.3 Å². The maximum Gasteiger partial charge on any atom is 0.208 e. The molecule has 0 radical (unpaired) electrons. The molecule has 6 rings (SSSR count). The van der Waals surface area contributed by atoms with Crippen LogP contribution in [0.1, 0.15) is 5.56 Å². The Hall–Kier alpha value is -3.99. The molecule has 0 amide bonds. The van der Waals surface area contributed by atoms with Gasteiger partial charge >= 0.3 is 0 Å². The van der Waals surface area contributed by atoms with Crippen molar-refractivity contribution in [3.8, 4) is 5.75 Å². The molecule has 0 atom stereocenters. The van der Waals surface area contributed by atoms with Gasteiger partial charge in [0.1, 0.15) is 11.3 Å². The van der Waals surface area contributed by atoms with Gasteiger partial charge in [-0.1, -0.05) is 36.4 Å². The van der Waals surface area contributed by atoms with E-state index in [1.807, 2.05) is 36.4 Å². The summed E-state index contributed by atoms with van der Waals surface area (Å²) >= 11 is 0. The number of aromatic amines is 2. The Morgan fingerprint density at radius 1 is 0.903 bits per heavy atom. The predicted molar refractivity (Wildman–Crippen MR) is 125 cm³/mol. The normalized spacial score (nSPS) is 12.5. The summed E-state index contributed by atoms with van der Waals surface area (Å²) < 4.78 is 11.7. The number of hydrogen-bond acceptors (Lipinski definition) is 3. The minimum absolute atomic E-state index is 0.673. The van der Waals surface area contributed by atoms with E-state index in [-0.39, 0.29) is 0 Å². The number of nitrogens with zero attached hydrogens (tertiary/aromatic N) is 1. The van der Waals surface area contributed by atoms with Gasteiger partial charge in [0, 0.05) is 39.9 Å². The molecule has 0 bridgehead atoms. The highest BCUT2D eigenvalue weighted by molar-refractivity contribution is 6.07. The zero-order chi connectivity index (χ0) is 20.8. The van der Waals surface area contributed by atoms with Crippen LogP contribution in [0.4, 0.5) is 0 Å². The van der Waals surface area contributed by atoms with Crippen molar-refractivity contribution < 1.29 is 9.15 Å². The molecule has 2 N–H and O–H groups in total. The van der Waals surface area contributed by atoms with E-state index in [9.17, 15) is 0 Å². The van der Waals surface area contributed by atoms with Gasteiger partial charge in [-0.05, 0) is 42.3 Å². The van der Waals surface area contributed by atoms with E-state index in [1.54, 1.807) is 7.11 Å². The van der Waals surface area contributed by atoms with E-state index in [0.29, 0.717) is 6.54 Å². The number of H-pyrrole nitrogens is 2. The van der Waals surface area contributed by atoms with Crippen LogP contribution >= 0.6 is 0 Å². The molecule has 0 unspecified atom stereocenters. The zero-order valence-electron chi connectivity index (χ0n) is 17.1. The fourth-order valence-electron chi connectivity index (χ4n) is 4.37. The second kappa shape index (κ2) is 7.06. The van der Waals surface area contributed by atoms with Crippen LogP contribution in [0, 0.1) is 0 Å². The second-order valence-electron chi connectivity index (χ2n) is 7.68. The van der Waals surface area contributed by atoms with E-state index in [1.165, 1.54) is 10.9 Å². The first-order valence-electron chi connectivity index (χ1n) is 10.4. The predicted octanol–water partition coefficient (Wildman–Crippen LogP) is 5.70. The van der Waals surface area contributed by atoms with Crippen molar-refractivity contribution in [3.05, 3.63) is 83.8 Å². The highest BCUT2D eigenvalue weighted by Crippen LogP contribution is 2.27. The first-order valence-corrected chi connectivity index (χ1v) is 10.4. The van der Waals surface area contributed by atoms with Crippen LogP contribution in [-0.4, -0.2) is 23.6 Å². The van der Waals surface area contributed by atoms with Crippen molar-refractivity contribution in [2.24, 2.45) is 4.99 Å². The van der Waals surface area contributed by atoms with Crippen molar-refractivity contribution in [2.45, 2.75) is 6.42 Å². The Morgan fingerprint density at radius 2 is 1.71 bits per heavy atom. The molecule has 3 aromatic carbocycles. The van der Waals surface area contributed by atoms with Crippen molar-refractivity contribution >= 4 is 43.9 Å². The third kappa shape index (κ3) is 2.89. The summed E-state index contributed by atoms with van der Waals surface area (Å²) in [6.45, 7) is 0.673. The molecule has 3 aromatic heterocycles. The van der Waals surface area contributed by atoms with Gasteiger partial charge in [-0.15, -0.1) is 0 Å². The lowest BCUT2D eigenvalue weighted by Crippen LogP contribution is -2.07. The van der Waals surface area contributed by atoms with Crippen LogP contribution in [0.3, 0.4) is 0 Å². The first kappa shape index (κ1) is 17.8. The average Bonchev–Trinajstić information content (AvgIpc) is 3.39. The molecule has 0 aliphatic heterocycles. The molecule has 0 fully saturated rings. The van der Waals surface area contributed by atoms with Gasteiger partial charge in [-0.3, -0.25) is 4.99 Å². The number of para-hydroxylation sites is 2. The summed E-state index contributed by atoms with van der Waals surface area (Å²) in [5.74, 6) is 0.787. The summed E-state index contributed by atoms with van der Waals surface area (Å²) in [5.41, 5.74) is 4.99. The Labute approximate surface area is 178 Å². The highest BCUT2D eigenvalue weighted by Gasteiger charge is 2.13. The van der Waals surface area contributed by atoms with Crippen molar-refractivity contribution in [2.75, 3.05) is 13.7 Å². The standard InChI is InChI=1S/C26H21N3O2/c1-30-17-10-11-23-20(14-17)25(24-19-7-3-5-9-22(19)29-26(24)31-23)27-13-12-16-15-28-21-8-4-2-6-18(16)21/h2-11,14-15,28-29H,12-13H2,1H3. The molecular formula is C26H21N3O2. The van der Waals surface area contributed by atoms with E-state index >= 15 is 0 Å². The lowest BCUT2D eigenvalue weighted by molar-refractivity contribution is 0.415. The average molecular weight is 407 g/mol. The quantitative estimate of drug-likeness (QED) is 0.394. The molecule has 0 saturated carbocycles. The molecule has 5 nitrogen and oxygen atoms in total. The van der Waals surface area contributed by atoms with Crippen LogP contribution in [0.25, 0.3) is 43.9 Å². The number of benzene rings is 3. The molecule has 152 valence electrons. The molecule has 0 aliphatic carbocycles. The van der Waals surface area contributed by atoms with E-state index in [2.05, 4.69) is 46.5 Å². The molecule has 0 aliphatic rings. The van der Waals surface area contributed by atoms with Gasteiger partial charge in [0.15, 0.2) is 0 Å². The number of hydrogen-bond donors (Lipinski definition) is 2. The lowest BCUT2D eigenvalue weighted by atomic mass is 10.1. The van der Waals surface area contributed by atoms with Gasteiger partial charge in [0.25, 0.3) is 0 Å². The van der Waals surface area contributed by atoms with Crippen LogP contribution in [0.2, 0.25) is 0 Å². The van der Waals surface area contributed by atoms with Crippen molar-refractivity contribution in [1.29, 1.82) is 0 Å².